The summed E-state index contributed by atoms with van der Waals surface area (Å²) in [6, 6.07) is 16.8. The first-order valence-corrected chi connectivity index (χ1v) is 9.78. The monoisotopic (exact) mass is 375 g/mol. The van der Waals surface area contributed by atoms with Gasteiger partial charge in [0.25, 0.3) is 0 Å². The first-order chi connectivity index (χ1) is 12.3. The summed E-state index contributed by atoms with van der Waals surface area (Å²) in [6.45, 7) is 2.11. The number of amides is 1. The van der Waals surface area contributed by atoms with Crippen molar-refractivity contribution in [3.63, 3.8) is 0 Å². The number of carbonyl (C=O) groups is 1. The number of hydrogen-bond acceptors (Lipinski definition) is 3. The van der Waals surface area contributed by atoms with E-state index in [2.05, 4.69) is 5.32 Å². The highest BCUT2D eigenvalue weighted by atomic mass is 32.2. The summed E-state index contributed by atoms with van der Waals surface area (Å²) in [7, 11) is -0.875. The molecule has 0 aliphatic carbocycles. The van der Waals surface area contributed by atoms with Crippen LogP contribution in [0, 0.1) is 6.92 Å². The van der Waals surface area contributed by atoms with E-state index in [9.17, 15) is 13.2 Å². The Bertz CT molecular complexity index is 819. The zero-order valence-corrected chi connectivity index (χ0v) is 16.2. The third-order valence-electron chi connectivity index (χ3n) is 3.93. The minimum absolute atomic E-state index is 0.266. The van der Waals surface area contributed by atoms with E-state index in [0.29, 0.717) is 18.7 Å². The van der Waals surface area contributed by atoms with E-state index in [4.69, 9.17) is 0 Å². The summed E-state index contributed by atoms with van der Waals surface area (Å²) in [5, 5.41) is 2.79. The Morgan fingerprint density at radius 3 is 2.19 bits per heavy atom. The van der Waals surface area contributed by atoms with Gasteiger partial charge in [-0.05, 0) is 31.0 Å². The summed E-state index contributed by atoms with van der Waals surface area (Å²) < 4.78 is 27.5. The van der Waals surface area contributed by atoms with Crippen molar-refractivity contribution in [3.8, 4) is 0 Å². The first kappa shape index (κ1) is 19.9. The van der Waals surface area contributed by atoms with Gasteiger partial charge in [-0.3, -0.25) is 4.79 Å². The van der Waals surface area contributed by atoms with Crippen LogP contribution in [0.5, 0.6) is 0 Å². The van der Waals surface area contributed by atoms with Gasteiger partial charge >= 0.3 is 10.2 Å². The van der Waals surface area contributed by atoms with E-state index in [0.717, 1.165) is 19.7 Å². The molecule has 140 valence electrons. The predicted molar refractivity (Wildman–Crippen MR) is 104 cm³/mol. The minimum Gasteiger partial charge on any atom is -0.354 e. The number of nitrogens with one attached hydrogen (secondary N) is 1. The van der Waals surface area contributed by atoms with Gasteiger partial charge in [-0.25, -0.2) is 4.31 Å². The van der Waals surface area contributed by atoms with Gasteiger partial charge in [0.05, 0.1) is 5.69 Å². The highest BCUT2D eigenvalue weighted by molar-refractivity contribution is 7.90. The Morgan fingerprint density at radius 1 is 1.00 bits per heavy atom. The summed E-state index contributed by atoms with van der Waals surface area (Å²) in [5.41, 5.74) is 2.59. The molecule has 7 heteroatoms. The fourth-order valence-corrected chi connectivity index (χ4v) is 3.45. The van der Waals surface area contributed by atoms with E-state index in [1.807, 2.05) is 49.4 Å². The van der Waals surface area contributed by atoms with Crippen LogP contribution in [-0.2, 0) is 21.4 Å². The highest BCUT2D eigenvalue weighted by Gasteiger charge is 2.27. The Balaban J connectivity index is 2.06. The molecule has 0 fully saturated rings. The fourth-order valence-electron chi connectivity index (χ4n) is 2.39. The third kappa shape index (κ3) is 5.31. The molecule has 0 heterocycles. The molecule has 2 aromatic carbocycles. The average molecular weight is 375 g/mol. The van der Waals surface area contributed by atoms with Crippen molar-refractivity contribution in [1.29, 1.82) is 0 Å². The molecule has 0 bridgehead atoms. The van der Waals surface area contributed by atoms with Crippen molar-refractivity contribution in [3.05, 3.63) is 65.7 Å². The molecular formula is C19H25N3O3S. The number of aryl methyl sites for hydroxylation is 1. The van der Waals surface area contributed by atoms with E-state index in [1.165, 1.54) is 14.1 Å². The number of carbonyl (C=O) groups excluding carboxylic acids is 1. The maximum Gasteiger partial charge on any atom is 0.304 e. The van der Waals surface area contributed by atoms with Crippen LogP contribution in [0.25, 0.3) is 0 Å². The van der Waals surface area contributed by atoms with E-state index in [-0.39, 0.29) is 12.5 Å². The summed E-state index contributed by atoms with van der Waals surface area (Å²) in [4.78, 5) is 12.3. The lowest BCUT2D eigenvalue weighted by molar-refractivity contribution is -0.119. The number of hydrogen-bond donors (Lipinski definition) is 1. The van der Waals surface area contributed by atoms with Crippen LogP contribution in [0.15, 0.2) is 54.6 Å². The molecule has 6 nitrogen and oxygen atoms in total. The first-order valence-electron chi connectivity index (χ1n) is 8.38. The van der Waals surface area contributed by atoms with Gasteiger partial charge in [0, 0.05) is 20.6 Å². The van der Waals surface area contributed by atoms with Gasteiger partial charge in [0.1, 0.15) is 6.54 Å². The maximum absolute atomic E-state index is 12.6. The second-order valence-electron chi connectivity index (χ2n) is 6.22. The van der Waals surface area contributed by atoms with Crippen molar-refractivity contribution in [2.75, 3.05) is 31.5 Å². The highest BCUT2D eigenvalue weighted by Crippen LogP contribution is 2.19. The zero-order valence-electron chi connectivity index (χ0n) is 15.3. The van der Waals surface area contributed by atoms with Gasteiger partial charge in [-0.15, -0.1) is 0 Å². The van der Waals surface area contributed by atoms with Crippen molar-refractivity contribution in [2.24, 2.45) is 0 Å². The van der Waals surface area contributed by atoms with Crippen LogP contribution in [-0.4, -0.2) is 45.8 Å². The van der Waals surface area contributed by atoms with Crippen LogP contribution < -0.4 is 9.62 Å². The second kappa shape index (κ2) is 8.82. The third-order valence-corrected chi connectivity index (χ3v) is 5.75. The van der Waals surface area contributed by atoms with Crippen molar-refractivity contribution in [2.45, 2.75) is 13.3 Å². The zero-order chi connectivity index (χ0) is 19.2. The Morgan fingerprint density at radius 2 is 1.62 bits per heavy atom. The van der Waals surface area contributed by atoms with Crippen LogP contribution >= 0.6 is 0 Å². The van der Waals surface area contributed by atoms with Crippen molar-refractivity contribution >= 4 is 21.8 Å². The maximum atomic E-state index is 12.6. The topological polar surface area (TPSA) is 69.7 Å². The number of nitrogens with zero attached hydrogens (tertiary/aromatic N) is 2. The van der Waals surface area contributed by atoms with Gasteiger partial charge in [-0.2, -0.15) is 12.7 Å². The molecule has 1 amide bonds. The Kier molecular flexibility index (Phi) is 6.76. The van der Waals surface area contributed by atoms with Gasteiger partial charge in [-0.1, -0.05) is 48.0 Å². The summed E-state index contributed by atoms with van der Waals surface area (Å²) >= 11 is 0. The number of rotatable bonds is 8. The molecule has 0 atom stereocenters. The lowest BCUT2D eigenvalue weighted by Crippen LogP contribution is -2.46. The lowest BCUT2D eigenvalue weighted by atomic mass is 10.1. The molecule has 0 aliphatic heterocycles. The van der Waals surface area contributed by atoms with Crippen LogP contribution in [0.2, 0.25) is 0 Å². The average Bonchev–Trinajstić information content (AvgIpc) is 2.61. The normalized spacial score (nSPS) is 11.4. The number of benzene rings is 2. The molecule has 0 saturated heterocycles. The molecule has 0 aliphatic rings. The second-order valence-corrected chi connectivity index (χ2v) is 8.28. The summed E-state index contributed by atoms with van der Waals surface area (Å²) in [5.74, 6) is -0.341. The standard InChI is InChI=1S/C19H25N3O3S/c1-16-9-11-18(12-10-16)22(26(24,25)21(2)3)15-19(23)20-14-13-17-7-5-4-6-8-17/h4-12H,13-15H2,1-3H3,(H,20,23). The Labute approximate surface area is 155 Å². The van der Waals surface area contributed by atoms with E-state index < -0.39 is 10.2 Å². The molecular weight excluding hydrogens is 350 g/mol. The van der Waals surface area contributed by atoms with Gasteiger partial charge < -0.3 is 5.32 Å². The quantitative estimate of drug-likeness (QED) is 0.767. The Hall–Kier alpha value is -2.38. The fraction of sp³-hybridized carbons (Fsp3) is 0.316. The summed E-state index contributed by atoms with van der Waals surface area (Å²) in [6.07, 6.45) is 0.692. The van der Waals surface area contributed by atoms with E-state index in [1.54, 1.807) is 12.1 Å². The van der Waals surface area contributed by atoms with E-state index >= 15 is 0 Å². The van der Waals surface area contributed by atoms with Gasteiger partial charge in [0.15, 0.2) is 0 Å². The largest absolute Gasteiger partial charge is 0.354 e. The van der Waals surface area contributed by atoms with Crippen molar-refractivity contribution in [1.82, 2.24) is 9.62 Å². The molecule has 0 unspecified atom stereocenters. The molecule has 2 rings (SSSR count). The van der Waals surface area contributed by atoms with Crippen molar-refractivity contribution < 1.29 is 13.2 Å². The molecule has 0 spiro atoms. The molecule has 0 radical (unpaired) electrons. The minimum atomic E-state index is -3.77. The predicted octanol–water partition coefficient (Wildman–Crippen LogP) is 1.97. The van der Waals surface area contributed by atoms with Gasteiger partial charge in [0.2, 0.25) is 5.91 Å². The molecule has 26 heavy (non-hydrogen) atoms. The smallest absolute Gasteiger partial charge is 0.304 e. The molecule has 2 aromatic rings. The molecule has 0 aromatic heterocycles. The van der Waals surface area contributed by atoms with Crippen LogP contribution in [0.3, 0.4) is 0 Å². The molecule has 1 N–H and O–H groups in total. The number of anilines is 1. The van der Waals surface area contributed by atoms with Crippen LogP contribution in [0.1, 0.15) is 11.1 Å². The van der Waals surface area contributed by atoms with Crippen LogP contribution in [0.4, 0.5) is 5.69 Å². The molecule has 0 saturated carbocycles. The lowest BCUT2D eigenvalue weighted by Gasteiger charge is -2.27. The SMILES string of the molecule is Cc1ccc(N(CC(=O)NCCc2ccccc2)S(=O)(=O)N(C)C)cc1.